The van der Waals surface area contributed by atoms with Crippen LogP contribution in [0.5, 0.6) is 0 Å². The van der Waals surface area contributed by atoms with Gasteiger partial charge in [0.15, 0.2) is 0 Å². The summed E-state index contributed by atoms with van der Waals surface area (Å²) in [6.45, 7) is 2.95. The number of carbonyl (C=O) groups excluding carboxylic acids is 1. The number of amides is 1. The summed E-state index contributed by atoms with van der Waals surface area (Å²) in [6, 6.07) is 12.2. The highest BCUT2D eigenvalue weighted by Gasteiger charge is 2.31. The second kappa shape index (κ2) is 4.55. The molecule has 0 spiro atoms. The zero-order chi connectivity index (χ0) is 13.4. The topological polar surface area (TPSA) is 55.6 Å². The SMILES string of the molecule is Cc1ccc2ccc(N3C[C@H](CN)OC3=O)ccc1-2. The second-order valence-electron chi connectivity index (χ2n) is 4.83. The van der Waals surface area contributed by atoms with Crippen LogP contribution >= 0.6 is 0 Å². The number of rotatable bonds is 2. The first-order valence-corrected chi connectivity index (χ1v) is 6.36. The number of ether oxygens (including phenoxy) is 1. The fourth-order valence-electron chi connectivity index (χ4n) is 2.43. The molecule has 2 aliphatic carbocycles. The molecular formula is C15H16N2O2. The predicted octanol–water partition coefficient (Wildman–Crippen LogP) is 2.38. The average molecular weight is 256 g/mol. The highest BCUT2D eigenvalue weighted by molar-refractivity contribution is 5.90. The van der Waals surface area contributed by atoms with Crippen molar-refractivity contribution in [3.05, 3.63) is 42.0 Å². The molecule has 0 aromatic heterocycles. The van der Waals surface area contributed by atoms with Gasteiger partial charge in [0.05, 0.1) is 6.54 Å². The molecule has 3 rings (SSSR count). The number of nitrogens with two attached hydrogens (primary N) is 1. The summed E-state index contributed by atoms with van der Waals surface area (Å²) in [5.74, 6) is 0. The van der Waals surface area contributed by atoms with Gasteiger partial charge in [0.2, 0.25) is 0 Å². The van der Waals surface area contributed by atoms with Crippen molar-refractivity contribution in [1.29, 1.82) is 0 Å². The van der Waals surface area contributed by atoms with Crippen molar-refractivity contribution in [2.75, 3.05) is 18.0 Å². The lowest BCUT2D eigenvalue weighted by Crippen LogP contribution is -2.27. The minimum Gasteiger partial charge on any atom is -0.443 e. The largest absolute Gasteiger partial charge is 0.443 e. The number of nitrogens with zero attached hydrogens (tertiary/aromatic N) is 1. The molecule has 0 aromatic carbocycles. The van der Waals surface area contributed by atoms with E-state index in [0.717, 1.165) is 5.69 Å². The van der Waals surface area contributed by atoms with Crippen molar-refractivity contribution in [3.8, 4) is 11.1 Å². The molecule has 1 atom stereocenters. The van der Waals surface area contributed by atoms with Gasteiger partial charge in [0.25, 0.3) is 0 Å². The maximum absolute atomic E-state index is 11.8. The van der Waals surface area contributed by atoms with Crippen LogP contribution in [0, 0.1) is 6.92 Å². The Kier molecular flexibility index (Phi) is 2.87. The smallest absolute Gasteiger partial charge is 0.414 e. The summed E-state index contributed by atoms with van der Waals surface area (Å²) in [6.07, 6.45) is -0.531. The highest BCUT2D eigenvalue weighted by Crippen LogP contribution is 2.29. The van der Waals surface area contributed by atoms with Gasteiger partial charge in [-0.2, -0.15) is 0 Å². The Bertz CT molecular complexity index is 597. The number of hydrogen-bond donors (Lipinski definition) is 1. The van der Waals surface area contributed by atoms with Crippen molar-refractivity contribution in [3.63, 3.8) is 0 Å². The van der Waals surface area contributed by atoms with Crippen molar-refractivity contribution < 1.29 is 9.53 Å². The Morgan fingerprint density at radius 3 is 2.74 bits per heavy atom. The van der Waals surface area contributed by atoms with E-state index in [1.54, 1.807) is 4.90 Å². The third-order valence-corrected chi connectivity index (χ3v) is 3.55. The molecule has 0 unspecified atom stereocenters. The lowest BCUT2D eigenvalue weighted by Gasteiger charge is -2.10. The molecule has 2 N–H and O–H groups in total. The van der Waals surface area contributed by atoms with Crippen LogP contribution in [0.25, 0.3) is 11.1 Å². The Balaban J connectivity index is 1.97. The Hall–Kier alpha value is -2.07. The first-order chi connectivity index (χ1) is 9.19. The summed E-state index contributed by atoms with van der Waals surface area (Å²) in [4.78, 5) is 13.4. The first-order valence-electron chi connectivity index (χ1n) is 6.36. The zero-order valence-electron chi connectivity index (χ0n) is 10.8. The number of hydrogen-bond acceptors (Lipinski definition) is 3. The number of carbonyl (C=O) groups is 1. The van der Waals surface area contributed by atoms with Gasteiger partial charge in [-0.15, -0.1) is 0 Å². The van der Waals surface area contributed by atoms with E-state index in [-0.39, 0.29) is 12.2 Å². The predicted molar refractivity (Wildman–Crippen MR) is 74.5 cm³/mol. The Morgan fingerprint density at radius 2 is 2.00 bits per heavy atom. The molecule has 3 aliphatic rings. The Labute approximate surface area is 112 Å². The average Bonchev–Trinajstić information content (AvgIpc) is 2.87. The van der Waals surface area contributed by atoms with E-state index < -0.39 is 0 Å². The minimum atomic E-state index is -0.321. The van der Waals surface area contributed by atoms with Crippen molar-refractivity contribution in [1.82, 2.24) is 0 Å². The van der Waals surface area contributed by atoms with Gasteiger partial charge in [-0.25, -0.2) is 4.79 Å². The minimum absolute atomic E-state index is 0.210. The summed E-state index contributed by atoms with van der Waals surface area (Å²) in [7, 11) is 0. The molecule has 4 nitrogen and oxygen atoms in total. The van der Waals surface area contributed by atoms with Gasteiger partial charge in [0.1, 0.15) is 6.10 Å². The van der Waals surface area contributed by atoms with Crippen molar-refractivity contribution in [2.24, 2.45) is 5.73 Å². The quantitative estimate of drug-likeness (QED) is 0.897. The molecule has 0 bridgehead atoms. The second-order valence-corrected chi connectivity index (χ2v) is 4.83. The molecule has 1 amide bonds. The van der Waals surface area contributed by atoms with Gasteiger partial charge in [-0.05, 0) is 35.7 Å². The lowest BCUT2D eigenvalue weighted by molar-refractivity contribution is 0.145. The van der Waals surface area contributed by atoms with E-state index in [1.807, 2.05) is 24.3 Å². The first kappa shape index (κ1) is 12.0. The van der Waals surface area contributed by atoms with E-state index in [1.165, 1.54) is 16.7 Å². The normalized spacial score (nSPS) is 18.9. The van der Waals surface area contributed by atoms with E-state index >= 15 is 0 Å². The van der Waals surface area contributed by atoms with E-state index in [9.17, 15) is 4.79 Å². The van der Waals surface area contributed by atoms with E-state index in [4.69, 9.17) is 10.5 Å². The monoisotopic (exact) mass is 256 g/mol. The van der Waals surface area contributed by atoms with Gasteiger partial charge < -0.3 is 10.5 Å². The number of anilines is 1. The van der Waals surface area contributed by atoms with Crippen LogP contribution in [0.15, 0.2) is 36.4 Å². The molecule has 1 heterocycles. The lowest BCUT2D eigenvalue weighted by atomic mass is 10.1. The molecule has 0 aromatic rings. The summed E-state index contributed by atoms with van der Waals surface area (Å²) in [5.41, 5.74) is 10.00. The standard InChI is InChI=1S/C15H16N2O2/c1-10-2-3-11-4-5-12(6-7-14(10)11)17-9-13(8-16)19-15(17)18/h2-7,13H,8-9,16H2,1H3/t13-/m0/s1. The van der Waals surface area contributed by atoms with Crippen LogP contribution in [-0.2, 0) is 4.74 Å². The number of aryl methyl sites for hydroxylation is 1. The van der Waals surface area contributed by atoms with Crippen molar-refractivity contribution in [2.45, 2.75) is 13.0 Å². The van der Waals surface area contributed by atoms with Crippen LogP contribution in [0.2, 0.25) is 0 Å². The van der Waals surface area contributed by atoms with Crippen molar-refractivity contribution >= 4 is 11.8 Å². The summed E-state index contributed by atoms with van der Waals surface area (Å²) < 4.78 is 5.17. The van der Waals surface area contributed by atoms with Crippen LogP contribution in [0.1, 0.15) is 5.56 Å². The highest BCUT2D eigenvalue weighted by atomic mass is 16.6. The van der Waals surface area contributed by atoms with E-state index in [2.05, 4.69) is 19.1 Å². The number of fused-ring (bicyclic) bond motifs is 1. The molecule has 1 aliphatic heterocycles. The van der Waals surface area contributed by atoms with Crippen LogP contribution in [0.3, 0.4) is 0 Å². The van der Waals surface area contributed by atoms with Crippen LogP contribution in [-0.4, -0.2) is 25.3 Å². The third kappa shape index (κ3) is 2.04. The fourth-order valence-corrected chi connectivity index (χ4v) is 2.43. The summed E-state index contributed by atoms with van der Waals surface area (Å²) >= 11 is 0. The molecular weight excluding hydrogens is 240 g/mol. The third-order valence-electron chi connectivity index (χ3n) is 3.55. The molecule has 0 saturated carbocycles. The zero-order valence-corrected chi connectivity index (χ0v) is 10.8. The molecule has 4 heteroatoms. The summed E-state index contributed by atoms with van der Waals surface area (Å²) in [5, 5.41) is 0. The van der Waals surface area contributed by atoms with Gasteiger partial charge in [-0.3, -0.25) is 4.90 Å². The number of cyclic esters (lactones) is 1. The van der Waals surface area contributed by atoms with Gasteiger partial charge >= 0.3 is 6.09 Å². The van der Waals surface area contributed by atoms with Crippen LogP contribution < -0.4 is 10.6 Å². The fraction of sp³-hybridized carbons (Fsp3) is 0.267. The molecule has 19 heavy (non-hydrogen) atoms. The van der Waals surface area contributed by atoms with Gasteiger partial charge in [-0.1, -0.05) is 24.3 Å². The van der Waals surface area contributed by atoms with Crippen LogP contribution in [0.4, 0.5) is 10.5 Å². The maximum Gasteiger partial charge on any atom is 0.414 e. The Morgan fingerprint density at radius 1 is 1.26 bits per heavy atom. The van der Waals surface area contributed by atoms with E-state index in [0.29, 0.717) is 13.1 Å². The molecule has 98 valence electrons. The maximum atomic E-state index is 11.8. The molecule has 1 saturated heterocycles. The molecule has 1 fully saturated rings. The van der Waals surface area contributed by atoms with Gasteiger partial charge in [0, 0.05) is 12.2 Å². The molecule has 0 radical (unpaired) electrons.